The van der Waals surface area contributed by atoms with Gasteiger partial charge in [0.2, 0.25) is 0 Å². The van der Waals surface area contributed by atoms with Crippen molar-refractivity contribution in [2.75, 3.05) is 18.5 Å². The summed E-state index contributed by atoms with van der Waals surface area (Å²) in [6, 6.07) is 15.2. The summed E-state index contributed by atoms with van der Waals surface area (Å²) in [5.74, 6) is -0.177. The lowest BCUT2D eigenvalue weighted by Gasteiger charge is -2.15. The number of β-amino-alcohol motifs (C(OH)–C–C–N with tert-alkyl or cyclic N) is 1. The zero-order valence-electron chi connectivity index (χ0n) is 13.8. The Morgan fingerprint density at radius 3 is 2.58 bits per heavy atom. The molecule has 0 radical (unpaired) electrons. The highest BCUT2D eigenvalue weighted by molar-refractivity contribution is 7.98. The quantitative estimate of drug-likeness (QED) is 0.562. The van der Waals surface area contributed by atoms with Crippen LogP contribution in [0.4, 0.5) is 5.69 Å². The highest BCUT2D eigenvalue weighted by Gasteiger charge is 2.30. The zero-order chi connectivity index (χ0) is 18.5. The van der Waals surface area contributed by atoms with Crippen LogP contribution in [0.25, 0.3) is 0 Å². The number of aliphatic hydroxyl groups is 1. The maximum atomic E-state index is 12.3. The number of hydrogen-bond acceptors (Lipinski definition) is 5. The molecule has 0 atom stereocenters. The number of hydrogen-bond donors (Lipinski definition) is 2. The van der Waals surface area contributed by atoms with Gasteiger partial charge in [-0.05, 0) is 23.8 Å². The van der Waals surface area contributed by atoms with Crippen molar-refractivity contribution < 1.29 is 14.7 Å². The number of carbonyl (C=O) groups is 2. The molecule has 2 aromatic carbocycles. The molecule has 1 heterocycles. The first-order valence-electron chi connectivity index (χ1n) is 8.01. The average Bonchev–Trinajstić information content (AvgIpc) is 2.90. The lowest BCUT2D eigenvalue weighted by atomic mass is 10.2. The molecular weight excluding hydrogens is 372 g/mol. The minimum atomic E-state index is -0.435. The number of carbonyl (C=O) groups excluding carboxylic acids is 2. The molecule has 1 aliphatic rings. The van der Waals surface area contributed by atoms with Crippen LogP contribution < -0.4 is 5.32 Å². The van der Waals surface area contributed by atoms with Gasteiger partial charge < -0.3 is 10.4 Å². The van der Waals surface area contributed by atoms with Crippen LogP contribution in [-0.2, 0) is 15.3 Å². The lowest BCUT2D eigenvalue weighted by molar-refractivity contribution is -0.137. The number of thioether (sulfide) groups is 1. The Kier molecular flexibility index (Phi) is 5.98. The minimum Gasteiger partial charge on any atom is -0.395 e. The second-order valence-corrected chi connectivity index (χ2v) is 7.00. The van der Waals surface area contributed by atoms with Gasteiger partial charge in [0.05, 0.1) is 18.8 Å². The molecule has 2 aromatic rings. The molecular formula is C19H17ClN2O3S. The third-order valence-electron chi connectivity index (χ3n) is 3.83. The van der Waals surface area contributed by atoms with Crippen molar-refractivity contribution in [3.63, 3.8) is 0 Å². The molecule has 0 aromatic heterocycles. The predicted octanol–water partition coefficient (Wildman–Crippen LogP) is 3.29. The van der Waals surface area contributed by atoms with E-state index >= 15 is 0 Å². The molecule has 0 saturated heterocycles. The van der Waals surface area contributed by atoms with Crippen molar-refractivity contribution in [1.82, 2.24) is 4.90 Å². The molecule has 26 heavy (non-hydrogen) atoms. The van der Waals surface area contributed by atoms with Gasteiger partial charge in [-0.15, -0.1) is 11.8 Å². The molecule has 3 rings (SSSR count). The second kappa shape index (κ2) is 8.40. The fourth-order valence-electron chi connectivity index (χ4n) is 2.52. The van der Waals surface area contributed by atoms with Gasteiger partial charge >= 0.3 is 0 Å². The van der Waals surface area contributed by atoms with E-state index in [1.807, 2.05) is 48.5 Å². The zero-order valence-corrected chi connectivity index (χ0v) is 15.4. The standard InChI is InChI=1S/C19H17ClN2O3S/c20-14-6-2-1-5-13(14)12-26-17-8-4-3-7-15(17)21-16-11-18(24)22(9-10-23)19(16)25/h1-8,11,21,23H,9-10,12H2. The van der Waals surface area contributed by atoms with Crippen LogP contribution in [0.5, 0.6) is 0 Å². The van der Waals surface area contributed by atoms with E-state index in [-0.39, 0.29) is 18.8 Å². The maximum absolute atomic E-state index is 12.3. The van der Waals surface area contributed by atoms with Gasteiger partial charge in [0.15, 0.2) is 0 Å². The lowest BCUT2D eigenvalue weighted by Crippen LogP contribution is -2.34. The van der Waals surface area contributed by atoms with E-state index in [4.69, 9.17) is 16.7 Å². The first kappa shape index (κ1) is 18.5. The fourth-order valence-corrected chi connectivity index (χ4v) is 3.82. The topological polar surface area (TPSA) is 69.6 Å². The molecule has 0 saturated carbocycles. The summed E-state index contributed by atoms with van der Waals surface area (Å²) >= 11 is 7.79. The summed E-state index contributed by atoms with van der Waals surface area (Å²) in [5.41, 5.74) is 1.96. The molecule has 0 aliphatic carbocycles. The van der Waals surface area contributed by atoms with Gasteiger partial charge in [-0.25, -0.2) is 0 Å². The second-order valence-electron chi connectivity index (χ2n) is 5.58. The van der Waals surface area contributed by atoms with Crippen LogP contribution in [0, 0.1) is 0 Å². The van der Waals surface area contributed by atoms with E-state index in [0.717, 1.165) is 21.0 Å². The summed E-state index contributed by atoms with van der Waals surface area (Å²) in [6.45, 7) is -0.273. The number of imide groups is 1. The number of benzene rings is 2. The SMILES string of the molecule is O=C1C=C(Nc2ccccc2SCc2ccccc2Cl)C(=O)N1CCO. The van der Waals surface area contributed by atoms with Gasteiger partial charge in [-0.2, -0.15) is 0 Å². The van der Waals surface area contributed by atoms with Crippen LogP contribution in [0.15, 0.2) is 65.2 Å². The number of para-hydroxylation sites is 1. The summed E-state index contributed by atoms with van der Waals surface area (Å²) in [7, 11) is 0. The first-order valence-corrected chi connectivity index (χ1v) is 9.37. The fraction of sp³-hybridized carbons (Fsp3) is 0.158. The predicted molar refractivity (Wildman–Crippen MR) is 103 cm³/mol. The first-order chi connectivity index (χ1) is 12.6. The summed E-state index contributed by atoms with van der Waals surface area (Å²) in [4.78, 5) is 26.1. The van der Waals surface area contributed by atoms with Gasteiger partial charge in [-0.1, -0.05) is 41.9 Å². The molecule has 0 spiro atoms. The van der Waals surface area contributed by atoms with E-state index in [2.05, 4.69) is 5.32 Å². The molecule has 134 valence electrons. The summed E-state index contributed by atoms with van der Waals surface area (Å²) < 4.78 is 0. The molecule has 2 amide bonds. The molecule has 0 bridgehead atoms. The number of anilines is 1. The smallest absolute Gasteiger partial charge is 0.277 e. The Morgan fingerprint density at radius 1 is 1.08 bits per heavy atom. The van der Waals surface area contributed by atoms with Crippen LogP contribution in [0.1, 0.15) is 5.56 Å². The van der Waals surface area contributed by atoms with Gasteiger partial charge in [-0.3, -0.25) is 14.5 Å². The Morgan fingerprint density at radius 2 is 1.81 bits per heavy atom. The van der Waals surface area contributed by atoms with Crippen molar-refractivity contribution >= 4 is 40.9 Å². The minimum absolute atomic E-state index is 0.0117. The van der Waals surface area contributed by atoms with E-state index in [1.165, 1.54) is 6.08 Å². The molecule has 5 nitrogen and oxygen atoms in total. The summed E-state index contributed by atoms with van der Waals surface area (Å²) in [5, 5.41) is 12.7. The van der Waals surface area contributed by atoms with Gasteiger partial charge in [0.25, 0.3) is 11.8 Å². The number of nitrogens with one attached hydrogen (secondary N) is 1. The third-order valence-corrected chi connectivity index (χ3v) is 5.32. The number of amides is 2. The maximum Gasteiger partial charge on any atom is 0.277 e. The number of aliphatic hydroxyl groups excluding tert-OH is 1. The Hall–Kier alpha value is -2.28. The van der Waals surface area contributed by atoms with Gasteiger partial charge in [0, 0.05) is 21.7 Å². The van der Waals surface area contributed by atoms with Crippen molar-refractivity contribution in [2.24, 2.45) is 0 Å². The molecule has 0 unspecified atom stereocenters. The van der Waals surface area contributed by atoms with E-state index in [1.54, 1.807) is 11.8 Å². The molecule has 0 fully saturated rings. The van der Waals surface area contributed by atoms with Crippen molar-refractivity contribution in [2.45, 2.75) is 10.6 Å². The monoisotopic (exact) mass is 388 g/mol. The molecule has 2 N–H and O–H groups in total. The molecule has 7 heteroatoms. The van der Waals surface area contributed by atoms with Gasteiger partial charge in [0.1, 0.15) is 5.70 Å². The average molecular weight is 389 g/mol. The highest BCUT2D eigenvalue weighted by Crippen LogP contribution is 2.32. The normalized spacial score (nSPS) is 13.9. The van der Waals surface area contributed by atoms with Crippen molar-refractivity contribution in [3.8, 4) is 0 Å². The Bertz CT molecular complexity index is 869. The third kappa shape index (κ3) is 4.09. The van der Waals surface area contributed by atoms with E-state index in [0.29, 0.717) is 10.8 Å². The number of halogens is 1. The largest absolute Gasteiger partial charge is 0.395 e. The van der Waals surface area contributed by atoms with E-state index < -0.39 is 11.8 Å². The number of nitrogens with zero attached hydrogens (tertiary/aromatic N) is 1. The molecule has 1 aliphatic heterocycles. The Balaban J connectivity index is 1.74. The van der Waals surface area contributed by atoms with Crippen LogP contribution in [0.3, 0.4) is 0 Å². The van der Waals surface area contributed by atoms with E-state index in [9.17, 15) is 9.59 Å². The van der Waals surface area contributed by atoms with Crippen molar-refractivity contribution in [1.29, 1.82) is 0 Å². The Labute approximate surface area is 160 Å². The summed E-state index contributed by atoms with van der Waals surface area (Å²) in [6.07, 6.45) is 1.26. The number of rotatable bonds is 7. The van der Waals surface area contributed by atoms with Crippen LogP contribution >= 0.6 is 23.4 Å². The van der Waals surface area contributed by atoms with Crippen LogP contribution in [0.2, 0.25) is 5.02 Å². The highest BCUT2D eigenvalue weighted by atomic mass is 35.5. The van der Waals surface area contributed by atoms with Crippen molar-refractivity contribution in [3.05, 3.63) is 70.9 Å². The van der Waals surface area contributed by atoms with Crippen LogP contribution in [-0.4, -0.2) is 35.0 Å².